The molecule has 0 saturated carbocycles. The minimum absolute atomic E-state index is 0.424. The third kappa shape index (κ3) is 2.25. The molecular weight excluding hydrogens is 277 g/mol. The van der Waals surface area contributed by atoms with E-state index < -0.39 is 11.7 Å². The Morgan fingerprint density at radius 2 is 1.81 bits per heavy atom. The first kappa shape index (κ1) is 13.3. The smallest absolute Gasteiger partial charge is 0.315 e. The zero-order chi connectivity index (χ0) is 15.0. The Morgan fingerprint density at radius 1 is 1.00 bits per heavy atom. The molecule has 0 amide bonds. The van der Waals surface area contributed by atoms with Crippen LogP contribution in [0.5, 0.6) is 0 Å². The summed E-state index contributed by atoms with van der Waals surface area (Å²) in [7, 11) is 0. The zero-order valence-corrected chi connectivity index (χ0v) is 10.7. The van der Waals surface area contributed by atoms with Gasteiger partial charge in [0.2, 0.25) is 0 Å². The first-order valence-electron chi connectivity index (χ1n) is 6.18. The van der Waals surface area contributed by atoms with Gasteiger partial charge in [-0.2, -0.15) is 18.4 Å². The molecule has 0 bridgehead atoms. The normalized spacial score (nSPS) is 11.5. The summed E-state index contributed by atoms with van der Waals surface area (Å²) >= 11 is 0. The van der Waals surface area contributed by atoms with E-state index in [0.29, 0.717) is 22.3 Å². The van der Waals surface area contributed by atoms with Gasteiger partial charge in [0.25, 0.3) is 0 Å². The van der Waals surface area contributed by atoms with Crippen molar-refractivity contribution in [2.45, 2.75) is 6.18 Å². The van der Waals surface area contributed by atoms with Crippen LogP contribution in [0.4, 0.5) is 13.2 Å². The van der Waals surface area contributed by atoms with Gasteiger partial charge in [-0.25, -0.2) is 0 Å². The average Bonchev–Trinajstić information content (AvgIpc) is 2.85. The van der Waals surface area contributed by atoms with E-state index in [0.717, 1.165) is 12.1 Å². The Bertz CT molecular complexity index is 854. The van der Waals surface area contributed by atoms with E-state index in [9.17, 15) is 13.2 Å². The summed E-state index contributed by atoms with van der Waals surface area (Å²) in [5.41, 5.74) is 1.39. The molecule has 2 heterocycles. The number of hydrogen-bond acceptors (Lipinski definition) is 1. The van der Waals surface area contributed by atoms with Crippen molar-refractivity contribution in [3.05, 3.63) is 65.9 Å². The molecule has 0 atom stereocenters. The van der Waals surface area contributed by atoms with Crippen LogP contribution in [-0.4, -0.2) is 4.40 Å². The van der Waals surface area contributed by atoms with Crippen LogP contribution >= 0.6 is 0 Å². The molecule has 0 radical (unpaired) electrons. The minimum atomic E-state index is -4.39. The summed E-state index contributed by atoms with van der Waals surface area (Å²) < 4.78 is 40.1. The number of nitrogens with zero attached hydrogens (tertiary/aromatic N) is 2. The number of alkyl halides is 3. The number of pyridine rings is 1. The molecule has 21 heavy (non-hydrogen) atoms. The lowest BCUT2D eigenvalue weighted by atomic mass is 10.1. The highest BCUT2D eigenvalue weighted by Gasteiger charge is 2.30. The third-order valence-electron chi connectivity index (χ3n) is 3.28. The fraction of sp³-hybridized carbons (Fsp3) is 0.0625. The molecule has 104 valence electrons. The van der Waals surface area contributed by atoms with Crippen molar-refractivity contribution in [1.29, 1.82) is 5.26 Å². The lowest BCUT2D eigenvalue weighted by Crippen LogP contribution is -2.04. The Hall–Kier alpha value is -2.74. The SMILES string of the molecule is N#Cc1cc(-c2cccc(C(F)(F)F)c2)n2ccccc12. The second-order valence-electron chi connectivity index (χ2n) is 4.59. The Kier molecular flexibility index (Phi) is 2.95. The van der Waals surface area contributed by atoms with E-state index in [4.69, 9.17) is 5.26 Å². The molecule has 1 aromatic carbocycles. The lowest BCUT2D eigenvalue weighted by Gasteiger charge is -2.09. The first-order valence-corrected chi connectivity index (χ1v) is 6.18. The van der Waals surface area contributed by atoms with Gasteiger partial charge in [0.1, 0.15) is 6.07 Å². The number of fused-ring (bicyclic) bond motifs is 1. The molecule has 0 saturated heterocycles. The summed E-state index contributed by atoms with van der Waals surface area (Å²) in [5, 5.41) is 9.14. The van der Waals surface area contributed by atoms with E-state index in [1.54, 1.807) is 40.9 Å². The number of rotatable bonds is 1. The van der Waals surface area contributed by atoms with Crippen molar-refractivity contribution >= 4 is 5.52 Å². The van der Waals surface area contributed by atoms with Crippen molar-refractivity contribution in [3.8, 4) is 17.3 Å². The van der Waals surface area contributed by atoms with Crippen LogP contribution in [0.25, 0.3) is 16.8 Å². The summed E-state index contributed by atoms with van der Waals surface area (Å²) in [6, 6.07) is 14.1. The molecule has 0 aliphatic carbocycles. The van der Waals surface area contributed by atoms with Crippen molar-refractivity contribution in [2.75, 3.05) is 0 Å². The first-order chi connectivity index (χ1) is 10.0. The number of hydrogen-bond donors (Lipinski definition) is 0. The highest BCUT2D eigenvalue weighted by Crippen LogP contribution is 2.33. The van der Waals surface area contributed by atoms with Gasteiger partial charge in [0, 0.05) is 6.20 Å². The molecular formula is C16H9F3N2. The molecule has 3 rings (SSSR count). The monoisotopic (exact) mass is 286 g/mol. The number of halogens is 3. The Labute approximate surface area is 118 Å². The molecule has 0 aliphatic heterocycles. The van der Waals surface area contributed by atoms with Crippen LogP contribution in [0.15, 0.2) is 54.7 Å². The number of aromatic nitrogens is 1. The second kappa shape index (κ2) is 4.67. The van der Waals surface area contributed by atoms with Crippen LogP contribution in [-0.2, 0) is 6.18 Å². The topological polar surface area (TPSA) is 28.2 Å². The highest BCUT2D eigenvalue weighted by molar-refractivity contribution is 5.74. The molecule has 2 aromatic heterocycles. The van der Waals surface area contributed by atoms with Crippen LogP contribution in [0.3, 0.4) is 0 Å². The van der Waals surface area contributed by atoms with E-state index in [1.165, 1.54) is 6.07 Å². The second-order valence-corrected chi connectivity index (χ2v) is 4.59. The highest BCUT2D eigenvalue weighted by atomic mass is 19.4. The van der Waals surface area contributed by atoms with Crippen molar-refractivity contribution < 1.29 is 13.2 Å². The molecule has 0 unspecified atom stereocenters. The third-order valence-corrected chi connectivity index (χ3v) is 3.28. The van der Waals surface area contributed by atoms with Gasteiger partial charge in [-0.15, -0.1) is 0 Å². The zero-order valence-electron chi connectivity index (χ0n) is 10.7. The summed E-state index contributed by atoms with van der Waals surface area (Å²) in [6.07, 6.45) is -2.66. The fourth-order valence-corrected chi connectivity index (χ4v) is 2.32. The molecule has 5 heteroatoms. The molecule has 0 aliphatic rings. The quantitative estimate of drug-likeness (QED) is 0.647. The molecule has 0 fully saturated rings. The van der Waals surface area contributed by atoms with E-state index >= 15 is 0 Å². The average molecular weight is 286 g/mol. The standard InChI is InChI=1S/C16H9F3N2/c17-16(18,19)13-5-3-4-11(8-13)15-9-12(10-20)14-6-1-2-7-21(14)15/h1-9H. The van der Waals surface area contributed by atoms with Gasteiger partial charge in [0.15, 0.2) is 0 Å². The van der Waals surface area contributed by atoms with Crippen LogP contribution in [0.1, 0.15) is 11.1 Å². The molecule has 2 nitrogen and oxygen atoms in total. The molecule has 3 aromatic rings. The van der Waals surface area contributed by atoms with Gasteiger partial charge in [-0.05, 0) is 35.9 Å². The largest absolute Gasteiger partial charge is 0.416 e. The van der Waals surface area contributed by atoms with Gasteiger partial charge in [-0.1, -0.05) is 18.2 Å². The maximum Gasteiger partial charge on any atom is 0.416 e. The fourth-order valence-electron chi connectivity index (χ4n) is 2.32. The van der Waals surface area contributed by atoms with Gasteiger partial charge in [-0.3, -0.25) is 0 Å². The Balaban J connectivity index is 2.25. The molecule has 0 spiro atoms. The molecule has 0 N–H and O–H groups in total. The predicted octanol–water partition coefficient (Wildman–Crippen LogP) is 4.50. The minimum Gasteiger partial charge on any atom is -0.315 e. The van der Waals surface area contributed by atoms with Gasteiger partial charge < -0.3 is 4.40 Å². The Morgan fingerprint density at radius 3 is 2.52 bits per heavy atom. The van der Waals surface area contributed by atoms with Crippen LogP contribution < -0.4 is 0 Å². The van der Waals surface area contributed by atoms with E-state index in [-0.39, 0.29) is 0 Å². The van der Waals surface area contributed by atoms with Crippen LogP contribution in [0.2, 0.25) is 0 Å². The number of nitriles is 1. The van der Waals surface area contributed by atoms with Crippen molar-refractivity contribution in [3.63, 3.8) is 0 Å². The van der Waals surface area contributed by atoms with Crippen molar-refractivity contribution in [1.82, 2.24) is 4.40 Å². The van der Waals surface area contributed by atoms with Gasteiger partial charge in [0.05, 0.1) is 22.3 Å². The van der Waals surface area contributed by atoms with E-state index in [1.807, 2.05) is 0 Å². The van der Waals surface area contributed by atoms with E-state index in [2.05, 4.69) is 6.07 Å². The maximum atomic E-state index is 12.8. The van der Waals surface area contributed by atoms with Crippen molar-refractivity contribution in [2.24, 2.45) is 0 Å². The summed E-state index contributed by atoms with van der Waals surface area (Å²) in [5.74, 6) is 0. The predicted molar refractivity (Wildman–Crippen MR) is 72.6 cm³/mol. The van der Waals surface area contributed by atoms with Gasteiger partial charge >= 0.3 is 6.18 Å². The summed E-state index contributed by atoms with van der Waals surface area (Å²) in [6.45, 7) is 0. The van der Waals surface area contributed by atoms with Crippen LogP contribution in [0, 0.1) is 11.3 Å². The number of benzene rings is 1. The lowest BCUT2D eigenvalue weighted by molar-refractivity contribution is -0.137. The maximum absolute atomic E-state index is 12.8. The summed E-state index contributed by atoms with van der Waals surface area (Å²) in [4.78, 5) is 0.